The molecule has 1 fully saturated rings. The molecule has 0 unspecified atom stereocenters. The molecule has 7 nitrogen and oxygen atoms in total. The molecule has 2 aliphatic rings. The number of fused-ring (bicyclic) bond motifs is 2. The van der Waals surface area contributed by atoms with Gasteiger partial charge in [0.2, 0.25) is 0 Å². The Hall–Kier alpha value is -2.70. The van der Waals surface area contributed by atoms with Crippen LogP contribution in [0.25, 0.3) is 11.0 Å². The lowest BCUT2D eigenvalue weighted by molar-refractivity contribution is 0.695. The van der Waals surface area contributed by atoms with Gasteiger partial charge in [-0.2, -0.15) is 0 Å². The van der Waals surface area contributed by atoms with E-state index in [0.29, 0.717) is 6.54 Å². The van der Waals surface area contributed by atoms with Gasteiger partial charge in [0.1, 0.15) is 5.82 Å². The van der Waals surface area contributed by atoms with Crippen LogP contribution in [0.15, 0.2) is 24.3 Å². The molecule has 128 valence electrons. The lowest BCUT2D eigenvalue weighted by Gasteiger charge is -2.20. The zero-order chi connectivity index (χ0) is 16.6. The molecule has 3 aromatic rings. The van der Waals surface area contributed by atoms with Crippen molar-refractivity contribution in [3.8, 4) is 0 Å². The molecule has 0 atom stereocenters. The molecule has 2 aliphatic heterocycles. The number of aromatic nitrogens is 5. The number of hydrogen-bond donors (Lipinski definition) is 1. The molecular weight excluding hydrogens is 314 g/mol. The first kappa shape index (κ1) is 14.6. The molecular formula is C18H21N7. The highest BCUT2D eigenvalue weighted by atomic mass is 15.3. The zero-order valence-corrected chi connectivity index (χ0v) is 14.1. The maximum absolute atomic E-state index is 4.89. The summed E-state index contributed by atoms with van der Waals surface area (Å²) in [6, 6.07) is 8.05. The SMILES string of the molecule is c1ccc2nc(N3CCCC3)c(NCc3nnc4n3CCC4)nc2c1. The first-order valence-electron chi connectivity index (χ1n) is 9.05. The summed E-state index contributed by atoms with van der Waals surface area (Å²) in [5.41, 5.74) is 1.86. The summed E-state index contributed by atoms with van der Waals surface area (Å²) >= 11 is 0. The predicted molar refractivity (Wildman–Crippen MR) is 96.7 cm³/mol. The van der Waals surface area contributed by atoms with Gasteiger partial charge < -0.3 is 14.8 Å². The molecule has 0 radical (unpaired) electrons. The van der Waals surface area contributed by atoms with Gasteiger partial charge in [0, 0.05) is 26.1 Å². The summed E-state index contributed by atoms with van der Waals surface area (Å²) in [6.07, 6.45) is 4.62. The summed E-state index contributed by atoms with van der Waals surface area (Å²) in [5, 5.41) is 12.1. The number of aryl methyl sites for hydroxylation is 1. The largest absolute Gasteiger partial charge is 0.360 e. The molecule has 0 aliphatic carbocycles. The van der Waals surface area contributed by atoms with Crippen molar-refractivity contribution in [1.29, 1.82) is 0 Å². The lowest BCUT2D eigenvalue weighted by Crippen LogP contribution is -2.22. The van der Waals surface area contributed by atoms with Crippen LogP contribution in [0.1, 0.15) is 30.9 Å². The van der Waals surface area contributed by atoms with E-state index < -0.39 is 0 Å². The number of nitrogens with zero attached hydrogens (tertiary/aromatic N) is 6. The van der Waals surface area contributed by atoms with E-state index in [0.717, 1.165) is 66.8 Å². The van der Waals surface area contributed by atoms with E-state index in [4.69, 9.17) is 9.97 Å². The molecule has 0 bridgehead atoms. The zero-order valence-electron chi connectivity index (χ0n) is 14.1. The molecule has 1 aromatic carbocycles. The number of para-hydroxylation sites is 2. The highest BCUT2D eigenvalue weighted by Crippen LogP contribution is 2.28. The molecule has 5 rings (SSSR count). The molecule has 4 heterocycles. The molecule has 1 N–H and O–H groups in total. The lowest BCUT2D eigenvalue weighted by atomic mass is 10.3. The minimum Gasteiger partial charge on any atom is -0.360 e. The third-order valence-electron chi connectivity index (χ3n) is 5.06. The second-order valence-corrected chi connectivity index (χ2v) is 6.72. The fourth-order valence-corrected chi connectivity index (χ4v) is 3.76. The summed E-state index contributed by atoms with van der Waals surface area (Å²) in [7, 11) is 0. The van der Waals surface area contributed by atoms with Crippen molar-refractivity contribution in [3.63, 3.8) is 0 Å². The Bertz CT molecular complexity index is 911. The van der Waals surface area contributed by atoms with E-state index in [1.807, 2.05) is 24.3 Å². The van der Waals surface area contributed by atoms with Crippen LogP contribution in [0.5, 0.6) is 0 Å². The quantitative estimate of drug-likeness (QED) is 0.789. The van der Waals surface area contributed by atoms with Gasteiger partial charge in [-0.3, -0.25) is 0 Å². The van der Waals surface area contributed by atoms with Crippen LogP contribution in [0, 0.1) is 0 Å². The van der Waals surface area contributed by atoms with Crippen molar-refractivity contribution < 1.29 is 0 Å². The summed E-state index contributed by atoms with van der Waals surface area (Å²) < 4.78 is 2.22. The minimum atomic E-state index is 0.626. The summed E-state index contributed by atoms with van der Waals surface area (Å²) in [5.74, 6) is 3.88. The van der Waals surface area contributed by atoms with Gasteiger partial charge in [0.05, 0.1) is 17.6 Å². The second kappa shape index (κ2) is 5.98. The topological polar surface area (TPSA) is 71.8 Å². The molecule has 0 amide bonds. The van der Waals surface area contributed by atoms with Gasteiger partial charge in [-0.05, 0) is 31.4 Å². The standard InChI is InChI=1S/C18H21N7/c1-2-7-14-13(6-1)20-17(18(21-14)24-9-3-4-10-24)19-12-16-23-22-15-8-5-11-25(15)16/h1-2,6-7H,3-5,8-12H2,(H,19,20). The van der Waals surface area contributed by atoms with Crippen molar-refractivity contribution >= 4 is 22.7 Å². The average molecular weight is 335 g/mol. The highest BCUT2D eigenvalue weighted by Gasteiger charge is 2.21. The maximum Gasteiger partial charge on any atom is 0.172 e. The molecule has 7 heteroatoms. The van der Waals surface area contributed by atoms with E-state index in [1.54, 1.807) is 0 Å². The Morgan fingerprint density at radius 1 is 0.920 bits per heavy atom. The number of rotatable bonds is 4. The second-order valence-electron chi connectivity index (χ2n) is 6.72. The van der Waals surface area contributed by atoms with Crippen molar-refractivity contribution in [3.05, 3.63) is 35.9 Å². The first-order valence-corrected chi connectivity index (χ1v) is 9.05. The number of benzene rings is 1. The molecule has 2 aromatic heterocycles. The highest BCUT2D eigenvalue weighted by molar-refractivity contribution is 5.80. The van der Waals surface area contributed by atoms with Crippen molar-refractivity contribution in [2.24, 2.45) is 0 Å². The molecule has 25 heavy (non-hydrogen) atoms. The van der Waals surface area contributed by atoms with E-state index in [-0.39, 0.29) is 0 Å². The van der Waals surface area contributed by atoms with Crippen LogP contribution in [-0.4, -0.2) is 37.8 Å². The van der Waals surface area contributed by atoms with Gasteiger partial charge in [-0.25, -0.2) is 9.97 Å². The first-order chi connectivity index (χ1) is 12.4. The minimum absolute atomic E-state index is 0.626. The van der Waals surface area contributed by atoms with Crippen LogP contribution in [0.4, 0.5) is 11.6 Å². The fourth-order valence-electron chi connectivity index (χ4n) is 3.76. The summed E-state index contributed by atoms with van der Waals surface area (Å²) in [6.45, 7) is 3.73. The van der Waals surface area contributed by atoms with Crippen LogP contribution >= 0.6 is 0 Å². The van der Waals surface area contributed by atoms with E-state index >= 15 is 0 Å². The van der Waals surface area contributed by atoms with Crippen molar-refractivity contribution in [1.82, 2.24) is 24.7 Å². The third kappa shape index (κ3) is 2.59. The van der Waals surface area contributed by atoms with Gasteiger partial charge in [0.15, 0.2) is 17.5 Å². The Morgan fingerprint density at radius 2 is 1.72 bits per heavy atom. The Balaban J connectivity index is 1.48. The number of hydrogen-bond acceptors (Lipinski definition) is 6. The van der Waals surface area contributed by atoms with Crippen LogP contribution in [-0.2, 0) is 19.5 Å². The molecule has 0 spiro atoms. The molecule has 1 saturated heterocycles. The van der Waals surface area contributed by atoms with E-state index in [1.165, 1.54) is 12.8 Å². The predicted octanol–water partition coefficient (Wildman–Crippen LogP) is 2.38. The van der Waals surface area contributed by atoms with E-state index in [9.17, 15) is 0 Å². The number of nitrogens with one attached hydrogen (secondary N) is 1. The Morgan fingerprint density at radius 3 is 2.56 bits per heavy atom. The summed E-state index contributed by atoms with van der Waals surface area (Å²) in [4.78, 5) is 12.1. The van der Waals surface area contributed by atoms with Gasteiger partial charge >= 0.3 is 0 Å². The van der Waals surface area contributed by atoms with E-state index in [2.05, 4.69) is 25.0 Å². The van der Waals surface area contributed by atoms with Crippen LogP contribution in [0.3, 0.4) is 0 Å². The number of anilines is 2. The smallest absolute Gasteiger partial charge is 0.172 e. The van der Waals surface area contributed by atoms with Crippen molar-refractivity contribution in [2.75, 3.05) is 23.3 Å². The normalized spacial score (nSPS) is 16.6. The Kier molecular flexibility index (Phi) is 3.50. The van der Waals surface area contributed by atoms with Gasteiger partial charge in [0.25, 0.3) is 0 Å². The monoisotopic (exact) mass is 335 g/mol. The van der Waals surface area contributed by atoms with Crippen LogP contribution < -0.4 is 10.2 Å². The Labute approximate surface area is 146 Å². The average Bonchev–Trinajstić information content (AvgIpc) is 3.37. The fraction of sp³-hybridized carbons (Fsp3) is 0.444. The van der Waals surface area contributed by atoms with Crippen LogP contribution in [0.2, 0.25) is 0 Å². The van der Waals surface area contributed by atoms with Gasteiger partial charge in [-0.1, -0.05) is 12.1 Å². The maximum atomic E-state index is 4.89. The molecule has 0 saturated carbocycles. The third-order valence-corrected chi connectivity index (χ3v) is 5.06. The van der Waals surface area contributed by atoms with Gasteiger partial charge in [-0.15, -0.1) is 10.2 Å². The van der Waals surface area contributed by atoms with Crippen molar-refractivity contribution in [2.45, 2.75) is 38.8 Å².